The van der Waals surface area contributed by atoms with Crippen molar-refractivity contribution in [3.63, 3.8) is 0 Å². The van der Waals surface area contributed by atoms with Gasteiger partial charge < -0.3 is 5.11 Å². The van der Waals surface area contributed by atoms with Crippen molar-refractivity contribution in [2.45, 2.75) is 45.4 Å². The third-order valence-corrected chi connectivity index (χ3v) is 3.43. The molecule has 2 heterocycles. The Morgan fingerprint density at radius 2 is 2.05 bits per heavy atom. The van der Waals surface area contributed by atoms with Crippen molar-refractivity contribution < 1.29 is 9.90 Å². The van der Waals surface area contributed by atoms with E-state index >= 15 is 0 Å². The van der Waals surface area contributed by atoms with Crippen LogP contribution in [-0.2, 0) is 0 Å². The topological polar surface area (TPSA) is 67.5 Å². The molecule has 5 heteroatoms. The van der Waals surface area contributed by atoms with Gasteiger partial charge in [0.2, 0.25) is 0 Å². The van der Waals surface area contributed by atoms with Gasteiger partial charge in [-0.15, -0.1) is 0 Å². The first-order valence-corrected chi connectivity index (χ1v) is 6.83. The fraction of sp³-hybridized carbons (Fsp3) is 0.500. The lowest BCUT2D eigenvalue weighted by Gasteiger charge is -2.14. The number of aromatic carboxylic acids is 1. The zero-order chi connectivity index (χ0) is 13.8. The van der Waals surface area contributed by atoms with E-state index in [1.54, 1.807) is 16.8 Å². The summed E-state index contributed by atoms with van der Waals surface area (Å²) in [7, 11) is 0. The highest BCUT2D eigenvalue weighted by Gasteiger charge is 2.26. The first-order chi connectivity index (χ1) is 9.27. The summed E-state index contributed by atoms with van der Waals surface area (Å²) < 4.78 is 1.68. The van der Waals surface area contributed by atoms with Crippen LogP contribution in [0.1, 0.15) is 61.5 Å². The minimum Gasteiger partial charge on any atom is -0.478 e. The van der Waals surface area contributed by atoms with Crippen molar-refractivity contribution in [2.24, 2.45) is 0 Å². The Kier molecular flexibility index (Phi) is 4.14. The zero-order valence-electron chi connectivity index (χ0n) is 11.3. The van der Waals surface area contributed by atoms with Crippen molar-refractivity contribution in [1.29, 1.82) is 0 Å². The molecular formula is C14H19N3O2. The molecule has 19 heavy (non-hydrogen) atoms. The van der Waals surface area contributed by atoms with Crippen LogP contribution in [0.3, 0.4) is 0 Å². The Bertz CT molecular complexity index is 571. The van der Waals surface area contributed by atoms with E-state index in [-0.39, 0.29) is 5.56 Å². The lowest BCUT2D eigenvalue weighted by molar-refractivity contribution is 0.0693. The molecule has 2 aromatic heterocycles. The minimum atomic E-state index is -0.920. The summed E-state index contributed by atoms with van der Waals surface area (Å²) in [5, 5.41) is 13.4. The maximum absolute atomic E-state index is 11.3. The fourth-order valence-corrected chi connectivity index (χ4v) is 2.65. The van der Waals surface area contributed by atoms with Gasteiger partial charge in [0.25, 0.3) is 0 Å². The molecule has 0 saturated heterocycles. The molecule has 0 bridgehead atoms. The summed E-state index contributed by atoms with van der Waals surface area (Å²) in [4.78, 5) is 15.4. The van der Waals surface area contributed by atoms with Crippen LogP contribution in [0.2, 0.25) is 0 Å². The van der Waals surface area contributed by atoms with E-state index < -0.39 is 5.97 Å². The number of carboxylic acid groups (broad SMARTS) is 1. The van der Waals surface area contributed by atoms with Crippen molar-refractivity contribution in [1.82, 2.24) is 14.6 Å². The van der Waals surface area contributed by atoms with Crippen LogP contribution in [0, 0.1) is 0 Å². The summed E-state index contributed by atoms with van der Waals surface area (Å²) >= 11 is 0. The van der Waals surface area contributed by atoms with Crippen LogP contribution in [0.4, 0.5) is 0 Å². The SMILES string of the molecule is CC.O=C(O)c1cnc2ccnn2c1C1CCCC1. The maximum atomic E-state index is 11.3. The van der Waals surface area contributed by atoms with Crippen LogP contribution in [0.25, 0.3) is 5.65 Å². The number of hydrogen-bond donors (Lipinski definition) is 1. The van der Waals surface area contributed by atoms with E-state index in [0.29, 0.717) is 5.92 Å². The lowest BCUT2D eigenvalue weighted by atomic mass is 9.99. The van der Waals surface area contributed by atoms with Gasteiger partial charge >= 0.3 is 5.97 Å². The molecule has 1 saturated carbocycles. The average molecular weight is 261 g/mol. The third-order valence-electron chi connectivity index (χ3n) is 3.43. The van der Waals surface area contributed by atoms with Crippen molar-refractivity contribution in [3.05, 3.63) is 29.7 Å². The molecule has 0 aromatic carbocycles. The zero-order valence-corrected chi connectivity index (χ0v) is 11.3. The largest absolute Gasteiger partial charge is 0.478 e. The molecule has 0 unspecified atom stereocenters. The molecule has 1 N–H and O–H groups in total. The van der Waals surface area contributed by atoms with E-state index in [0.717, 1.165) is 37.0 Å². The van der Waals surface area contributed by atoms with E-state index in [1.165, 1.54) is 6.20 Å². The van der Waals surface area contributed by atoms with Gasteiger partial charge in [0.05, 0.1) is 17.5 Å². The monoisotopic (exact) mass is 261 g/mol. The first-order valence-electron chi connectivity index (χ1n) is 6.83. The molecule has 0 spiro atoms. The van der Waals surface area contributed by atoms with Crippen LogP contribution in [-0.4, -0.2) is 25.7 Å². The summed E-state index contributed by atoms with van der Waals surface area (Å²) in [5.41, 5.74) is 1.81. The van der Waals surface area contributed by atoms with Gasteiger partial charge in [-0.1, -0.05) is 26.7 Å². The second kappa shape index (κ2) is 5.82. The van der Waals surface area contributed by atoms with E-state index in [4.69, 9.17) is 0 Å². The number of hydrogen-bond acceptors (Lipinski definition) is 3. The van der Waals surface area contributed by atoms with E-state index in [2.05, 4.69) is 10.1 Å². The number of carboxylic acids is 1. The Morgan fingerprint density at radius 3 is 2.68 bits per heavy atom. The predicted octanol–water partition coefficient (Wildman–Crippen LogP) is 3.11. The molecule has 3 rings (SSSR count). The van der Waals surface area contributed by atoms with Crippen molar-refractivity contribution >= 4 is 11.6 Å². The summed E-state index contributed by atoms with van der Waals surface area (Å²) in [6, 6.07) is 1.80. The number of carbonyl (C=O) groups is 1. The minimum absolute atomic E-state index is 0.285. The van der Waals surface area contributed by atoms with Gasteiger partial charge in [-0.25, -0.2) is 14.3 Å². The average Bonchev–Trinajstić information content (AvgIpc) is 3.10. The quantitative estimate of drug-likeness (QED) is 0.901. The molecule has 0 amide bonds. The molecule has 1 fully saturated rings. The van der Waals surface area contributed by atoms with Gasteiger partial charge in [0.15, 0.2) is 5.65 Å². The molecule has 1 aliphatic rings. The van der Waals surface area contributed by atoms with Crippen molar-refractivity contribution in [2.75, 3.05) is 0 Å². The normalized spacial score (nSPS) is 15.3. The highest BCUT2D eigenvalue weighted by atomic mass is 16.4. The lowest BCUT2D eigenvalue weighted by Crippen LogP contribution is -2.13. The van der Waals surface area contributed by atoms with Gasteiger partial charge in [-0.05, 0) is 12.8 Å². The number of rotatable bonds is 2. The summed E-state index contributed by atoms with van der Waals surface area (Å²) in [6.07, 6.45) is 7.52. The second-order valence-corrected chi connectivity index (χ2v) is 4.44. The molecule has 2 aromatic rings. The summed E-state index contributed by atoms with van der Waals surface area (Å²) in [6.45, 7) is 4.00. The van der Waals surface area contributed by atoms with Gasteiger partial charge in [-0.2, -0.15) is 5.10 Å². The van der Waals surface area contributed by atoms with Gasteiger partial charge in [0.1, 0.15) is 0 Å². The first kappa shape index (κ1) is 13.5. The molecule has 102 valence electrons. The molecule has 0 radical (unpaired) electrons. The van der Waals surface area contributed by atoms with Crippen LogP contribution in [0.5, 0.6) is 0 Å². The molecular weight excluding hydrogens is 242 g/mol. The van der Waals surface area contributed by atoms with Gasteiger partial charge in [-0.3, -0.25) is 0 Å². The Morgan fingerprint density at radius 1 is 1.37 bits per heavy atom. The Hall–Kier alpha value is -1.91. The van der Waals surface area contributed by atoms with E-state index in [1.807, 2.05) is 13.8 Å². The Balaban J connectivity index is 0.000000637. The fourth-order valence-electron chi connectivity index (χ4n) is 2.65. The number of aromatic nitrogens is 3. The standard InChI is InChI=1S/C12H13N3O2.C2H6/c16-12(17)9-7-13-10-5-6-14-15(10)11(9)8-3-1-2-4-8;1-2/h5-8H,1-4H2,(H,16,17);1-2H3. The summed E-state index contributed by atoms with van der Waals surface area (Å²) in [5.74, 6) is -0.622. The molecule has 5 nitrogen and oxygen atoms in total. The number of nitrogens with zero attached hydrogens (tertiary/aromatic N) is 3. The molecule has 0 aliphatic heterocycles. The number of fused-ring (bicyclic) bond motifs is 1. The van der Waals surface area contributed by atoms with Crippen LogP contribution >= 0.6 is 0 Å². The molecule has 1 aliphatic carbocycles. The predicted molar refractivity (Wildman–Crippen MR) is 72.5 cm³/mol. The van der Waals surface area contributed by atoms with E-state index in [9.17, 15) is 9.90 Å². The van der Waals surface area contributed by atoms with Crippen LogP contribution in [0.15, 0.2) is 18.5 Å². The Labute approximate surface area is 112 Å². The van der Waals surface area contributed by atoms with Gasteiger partial charge in [0, 0.05) is 18.2 Å². The molecule has 0 atom stereocenters. The highest BCUT2D eigenvalue weighted by molar-refractivity contribution is 5.89. The second-order valence-electron chi connectivity index (χ2n) is 4.44. The smallest absolute Gasteiger partial charge is 0.339 e. The highest BCUT2D eigenvalue weighted by Crippen LogP contribution is 2.35. The maximum Gasteiger partial charge on any atom is 0.339 e. The van der Waals surface area contributed by atoms with Crippen molar-refractivity contribution in [3.8, 4) is 0 Å². The van der Waals surface area contributed by atoms with Crippen LogP contribution < -0.4 is 0 Å². The third kappa shape index (κ3) is 2.45.